The summed E-state index contributed by atoms with van der Waals surface area (Å²) in [7, 11) is -3.81. The van der Waals surface area contributed by atoms with E-state index >= 15 is 0 Å². The Balaban J connectivity index is 1.72. The van der Waals surface area contributed by atoms with Crippen LogP contribution in [0.3, 0.4) is 0 Å². The molecule has 11 nitrogen and oxygen atoms in total. The van der Waals surface area contributed by atoms with Gasteiger partial charge in [0.2, 0.25) is 10.0 Å². The number of hydrogen-bond acceptors (Lipinski definition) is 6. The van der Waals surface area contributed by atoms with E-state index in [0.717, 1.165) is 12.8 Å². The first-order valence-electron chi connectivity index (χ1n) is 11.2. The number of amides is 3. The van der Waals surface area contributed by atoms with E-state index in [0.29, 0.717) is 18.4 Å². The monoisotopic (exact) mass is 533 g/mol. The normalized spacial score (nSPS) is 14.9. The average molecular weight is 534 g/mol. The Labute approximate surface area is 211 Å². The molecule has 4 rings (SSSR count). The summed E-state index contributed by atoms with van der Waals surface area (Å²) in [6, 6.07) is 9.06. The zero-order chi connectivity index (χ0) is 26.0. The van der Waals surface area contributed by atoms with Crippen LogP contribution in [0.2, 0.25) is 5.02 Å². The molecule has 4 N–H and O–H groups in total. The molecule has 190 valence electrons. The highest BCUT2D eigenvalue weighted by Crippen LogP contribution is 2.25. The Morgan fingerprint density at radius 3 is 2.56 bits per heavy atom. The van der Waals surface area contributed by atoms with Crippen molar-refractivity contribution >= 4 is 50.3 Å². The molecule has 1 aliphatic rings. The number of carbonyl (C=O) groups is 2. The summed E-state index contributed by atoms with van der Waals surface area (Å²) >= 11 is 6.27. The van der Waals surface area contributed by atoms with Crippen LogP contribution in [-0.2, 0) is 10.0 Å². The number of anilines is 1. The van der Waals surface area contributed by atoms with Crippen molar-refractivity contribution in [1.29, 1.82) is 0 Å². The molecule has 0 saturated heterocycles. The molecule has 0 radical (unpaired) electrons. The van der Waals surface area contributed by atoms with E-state index in [-0.39, 0.29) is 27.6 Å². The number of carbonyl (C=O) groups excluding carboxylic acids is 1. The molecule has 13 heteroatoms. The number of carboxylic acid groups (broad SMARTS) is 1. The highest BCUT2D eigenvalue weighted by atomic mass is 35.5. The van der Waals surface area contributed by atoms with Crippen LogP contribution in [0, 0.1) is 0 Å². The van der Waals surface area contributed by atoms with Crippen LogP contribution < -0.4 is 20.9 Å². The number of hydrogen-bond donors (Lipinski definition) is 4. The summed E-state index contributed by atoms with van der Waals surface area (Å²) in [6.07, 6.45) is 1.30. The van der Waals surface area contributed by atoms with Gasteiger partial charge in [0, 0.05) is 5.69 Å². The van der Waals surface area contributed by atoms with E-state index < -0.39 is 39.0 Å². The van der Waals surface area contributed by atoms with Crippen LogP contribution in [0.5, 0.6) is 0 Å². The second-order valence-electron chi connectivity index (χ2n) is 8.47. The molecule has 2 aromatic carbocycles. The molecule has 0 aliphatic heterocycles. The fourth-order valence-electron chi connectivity index (χ4n) is 4.29. The zero-order valence-electron chi connectivity index (χ0n) is 19.2. The number of nitrogens with zero attached hydrogens (tertiary/aromatic N) is 2. The summed E-state index contributed by atoms with van der Waals surface area (Å²) in [5.74, 6) is 0.0996. The molecular weight excluding hydrogens is 510 g/mol. The first-order chi connectivity index (χ1) is 17.1. The molecule has 1 atom stereocenters. The maximum atomic E-state index is 13.5. The van der Waals surface area contributed by atoms with Gasteiger partial charge in [-0.2, -0.15) is 0 Å². The van der Waals surface area contributed by atoms with Crippen LogP contribution >= 0.6 is 11.6 Å². The number of aromatic nitrogens is 2. The summed E-state index contributed by atoms with van der Waals surface area (Å²) in [6.45, 7) is 1.53. The van der Waals surface area contributed by atoms with Crippen molar-refractivity contribution in [3.05, 3.63) is 63.7 Å². The van der Waals surface area contributed by atoms with Crippen LogP contribution in [-0.4, -0.2) is 40.4 Å². The van der Waals surface area contributed by atoms with E-state index in [4.69, 9.17) is 11.6 Å². The average Bonchev–Trinajstić information content (AvgIpc) is 3.34. The third-order valence-corrected chi connectivity index (χ3v) is 8.07. The van der Waals surface area contributed by atoms with Crippen LogP contribution in [0.25, 0.3) is 16.6 Å². The standard InChI is InChI=1S/C23H24ClN5O6S/c1-13(25-23(32)33)20-27-18-11-5-10-17(24)19(18)21(30)29(20)15-7-4-6-14(12-15)26-22(31)28-36(34,35)16-8-2-3-9-16/h4-7,10-13,16,25H,2-3,8-9H2,1H3,(H,32,33)(H2,26,28,31). The molecule has 1 saturated carbocycles. The van der Waals surface area contributed by atoms with Gasteiger partial charge in [-0.1, -0.05) is 36.6 Å². The van der Waals surface area contributed by atoms with Crippen molar-refractivity contribution in [3.63, 3.8) is 0 Å². The Bertz CT molecular complexity index is 1500. The first kappa shape index (κ1) is 25.5. The minimum absolute atomic E-state index is 0.0996. The Kier molecular flexibility index (Phi) is 7.18. The van der Waals surface area contributed by atoms with Crippen molar-refractivity contribution in [1.82, 2.24) is 19.6 Å². The van der Waals surface area contributed by atoms with Gasteiger partial charge >= 0.3 is 12.1 Å². The lowest BCUT2D eigenvalue weighted by Crippen LogP contribution is -2.39. The van der Waals surface area contributed by atoms with Gasteiger partial charge in [-0.05, 0) is 50.1 Å². The highest BCUT2D eigenvalue weighted by Gasteiger charge is 2.30. The molecule has 1 unspecified atom stereocenters. The van der Waals surface area contributed by atoms with E-state index in [9.17, 15) is 27.9 Å². The van der Waals surface area contributed by atoms with Gasteiger partial charge in [0.1, 0.15) is 5.82 Å². The first-order valence-corrected chi connectivity index (χ1v) is 13.1. The Morgan fingerprint density at radius 2 is 1.86 bits per heavy atom. The summed E-state index contributed by atoms with van der Waals surface area (Å²) in [5, 5.41) is 13.7. The molecule has 1 aliphatic carbocycles. The molecule has 0 spiro atoms. The fourth-order valence-corrected chi connectivity index (χ4v) is 5.97. The second kappa shape index (κ2) is 10.2. The molecule has 1 aromatic heterocycles. The predicted molar refractivity (Wildman–Crippen MR) is 135 cm³/mol. The van der Waals surface area contributed by atoms with Crippen molar-refractivity contribution < 1.29 is 23.1 Å². The SMILES string of the molecule is CC(NC(=O)O)c1nc2cccc(Cl)c2c(=O)n1-c1cccc(NC(=O)NS(=O)(=O)C2CCCC2)c1. The highest BCUT2D eigenvalue weighted by molar-refractivity contribution is 7.90. The van der Waals surface area contributed by atoms with Gasteiger partial charge < -0.3 is 15.7 Å². The smallest absolute Gasteiger partial charge is 0.405 e. The lowest BCUT2D eigenvalue weighted by atomic mass is 10.2. The Hall–Kier alpha value is -3.64. The number of benzene rings is 2. The summed E-state index contributed by atoms with van der Waals surface area (Å²) in [5.41, 5.74) is 0.232. The molecule has 1 heterocycles. The van der Waals surface area contributed by atoms with E-state index in [1.807, 2.05) is 4.72 Å². The van der Waals surface area contributed by atoms with Crippen molar-refractivity contribution in [3.8, 4) is 5.69 Å². The van der Waals surface area contributed by atoms with Gasteiger partial charge in [0.15, 0.2) is 0 Å². The molecular formula is C23H24ClN5O6S. The van der Waals surface area contributed by atoms with E-state index in [2.05, 4.69) is 15.6 Å². The van der Waals surface area contributed by atoms with Gasteiger partial charge in [-0.3, -0.25) is 9.36 Å². The largest absolute Gasteiger partial charge is 0.465 e. The number of sulfonamides is 1. The van der Waals surface area contributed by atoms with Gasteiger partial charge in [-0.15, -0.1) is 0 Å². The number of nitrogens with one attached hydrogen (secondary N) is 3. The minimum Gasteiger partial charge on any atom is -0.465 e. The van der Waals surface area contributed by atoms with E-state index in [1.165, 1.54) is 23.6 Å². The fraction of sp³-hybridized carbons (Fsp3) is 0.304. The predicted octanol–water partition coefficient (Wildman–Crippen LogP) is 3.76. The minimum atomic E-state index is -3.81. The van der Waals surface area contributed by atoms with Crippen molar-refractivity contribution in [2.24, 2.45) is 0 Å². The van der Waals surface area contributed by atoms with Gasteiger partial charge in [0.05, 0.1) is 32.9 Å². The van der Waals surface area contributed by atoms with E-state index in [1.54, 1.807) is 30.3 Å². The number of urea groups is 1. The van der Waals surface area contributed by atoms with Gasteiger partial charge in [-0.25, -0.2) is 27.7 Å². The summed E-state index contributed by atoms with van der Waals surface area (Å²) in [4.78, 5) is 41.7. The third-order valence-electron chi connectivity index (χ3n) is 5.94. The van der Waals surface area contributed by atoms with Crippen LogP contribution in [0.15, 0.2) is 47.3 Å². The zero-order valence-corrected chi connectivity index (χ0v) is 20.8. The van der Waals surface area contributed by atoms with Crippen LogP contribution in [0.1, 0.15) is 44.5 Å². The maximum Gasteiger partial charge on any atom is 0.405 e. The molecule has 36 heavy (non-hydrogen) atoms. The maximum absolute atomic E-state index is 13.5. The second-order valence-corrected chi connectivity index (χ2v) is 10.8. The third kappa shape index (κ3) is 5.29. The molecule has 0 bridgehead atoms. The molecule has 3 aromatic rings. The van der Waals surface area contributed by atoms with Gasteiger partial charge in [0.25, 0.3) is 5.56 Å². The van der Waals surface area contributed by atoms with Crippen molar-refractivity contribution in [2.75, 3.05) is 5.32 Å². The quantitative estimate of drug-likeness (QED) is 0.375. The lowest BCUT2D eigenvalue weighted by Gasteiger charge is -2.19. The number of halogens is 1. The number of rotatable bonds is 6. The Morgan fingerprint density at radius 1 is 1.17 bits per heavy atom. The lowest BCUT2D eigenvalue weighted by molar-refractivity contribution is 0.190. The molecule has 1 fully saturated rings. The number of fused-ring (bicyclic) bond motifs is 1. The van der Waals surface area contributed by atoms with Crippen LogP contribution in [0.4, 0.5) is 15.3 Å². The summed E-state index contributed by atoms with van der Waals surface area (Å²) < 4.78 is 28.1. The topological polar surface area (TPSA) is 159 Å². The molecule has 3 amide bonds. The van der Waals surface area contributed by atoms with Crippen molar-refractivity contribution in [2.45, 2.75) is 43.9 Å².